The Morgan fingerprint density at radius 2 is 1.79 bits per heavy atom. The molecule has 1 aromatic rings. The molecule has 24 heavy (non-hydrogen) atoms. The minimum absolute atomic E-state index is 0.0827. The number of hydrogen-bond donors (Lipinski definition) is 0. The molecule has 2 rings (SSSR count). The van der Waals surface area contributed by atoms with Gasteiger partial charge in [-0.1, -0.05) is 6.42 Å². The molecule has 1 aromatic heterocycles. The number of thiophene rings is 1. The number of hydrogen-bond acceptors (Lipinski definition) is 7. The Bertz CT molecular complexity index is 752. The Kier molecular flexibility index (Phi) is 5.67. The number of carbonyl (C=O) groups excluding carboxylic acids is 2. The van der Waals surface area contributed by atoms with Gasteiger partial charge in [0.2, 0.25) is 0 Å². The van der Waals surface area contributed by atoms with E-state index in [1.165, 1.54) is 25.4 Å². The lowest BCUT2D eigenvalue weighted by Gasteiger charge is -2.32. The zero-order chi connectivity index (χ0) is 18.1. The van der Waals surface area contributed by atoms with Crippen LogP contribution in [-0.2, 0) is 19.5 Å². The van der Waals surface area contributed by atoms with Crippen LogP contribution in [0, 0.1) is 6.92 Å². The highest BCUT2D eigenvalue weighted by Gasteiger charge is 2.38. The van der Waals surface area contributed by atoms with Crippen LogP contribution in [0.4, 0.5) is 0 Å². The highest BCUT2D eigenvalue weighted by Crippen LogP contribution is 2.36. The van der Waals surface area contributed by atoms with Crippen molar-refractivity contribution in [2.75, 3.05) is 20.8 Å². The van der Waals surface area contributed by atoms with Gasteiger partial charge in [0.05, 0.1) is 19.8 Å². The largest absolute Gasteiger partial charge is 0.465 e. The van der Waals surface area contributed by atoms with Gasteiger partial charge in [-0.3, -0.25) is 0 Å². The Hall–Kier alpha value is -1.45. The normalized spacial score (nSPS) is 19.1. The lowest BCUT2D eigenvalue weighted by molar-refractivity contribution is 0.0596. The maximum atomic E-state index is 13.1. The van der Waals surface area contributed by atoms with Gasteiger partial charge in [0.25, 0.3) is 10.0 Å². The topological polar surface area (TPSA) is 90.0 Å². The first-order valence-corrected chi connectivity index (χ1v) is 9.83. The highest BCUT2D eigenvalue weighted by atomic mass is 32.2. The fourth-order valence-electron chi connectivity index (χ4n) is 2.83. The van der Waals surface area contributed by atoms with Gasteiger partial charge in [-0.2, -0.15) is 4.31 Å². The Labute approximate surface area is 145 Å². The lowest BCUT2D eigenvalue weighted by atomic mass is 10.1. The third-order valence-corrected chi connectivity index (χ3v) is 7.94. The van der Waals surface area contributed by atoms with E-state index in [2.05, 4.69) is 4.74 Å². The van der Waals surface area contributed by atoms with Crippen molar-refractivity contribution in [1.29, 1.82) is 0 Å². The summed E-state index contributed by atoms with van der Waals surface area (Å²) in [5.41, 5.74) is 0.183. The zero-order valence-electron chi connectivity index (χ0n) is 14.1. The fourth-order valence-corrected chi connectivity index (χ4v) is 6.39. The van der Waals surface area contributed by atoms with Crippen molar-refractivity contribution in [3.8, 4) is 0 Å². The number of nitrogens with zero attached hydrogens (tertiary/aromatic N) is 1. The predicted octanol–water partition coefficient (Wildman–Crippen LogP) is 2.19. The average molecular weight is 375 g/mol. The van der Waals surface area contributed by atoms with Gasteiger partial charge in [-0.15, -0.1) is 11.3 Å². The van der Waals surface area contributed by atoms with Crippen molar-refractivity contribution in [1.82, 2.24) is 4.31 Å². The Morgan fingerprint density at radius 1 is 1.17 bits per heavy atom. The second-order valence-electron chi connectivity index (χ2n) is 5.66. The van der Waals surface area contributed by atoms with Gasteiger partial charge in [0.15, 0.2) is 4.21 Å². The van der Waals surface area contributed by atoms with Crippen molar-refractivity contribution in [3.63, 3.8) is 0 Å². The predicted molar refractivity (Wildman–Crippen MR) is 88.9 cm³/mol. The zero-order valence-corrected chi connectivity index (χ0v) is 15.8. The van der Waals surface area contributed by atoms with E-state index < -0.39 is 22.0 Å². The minimum atomic E-state index is -3.90. The second kappa shape index (κ2) is 7.20. The van der Waals surface area contributed by atoms with Gasteiger partial charge in [0, 0.05) is 12.6 Å². The molecule has 0 amide bonds. The van der Waals surface area contributed by atoms with E-state index >= 15 is 0 Å². The molecular weight excluding hydrogens is 354 g/mol. The summed E-state index contributed by atoms with van der Waals surface area (Å²) in [7, 11) is -1.51. The SMILES string of the molecule is COC(=O)c1sc(S(=O)(=O)N2CCCCC2C)c(C(=O)OC)c1C. The third kappa shape index (κ3) is 3.20. The summed E-state index contributed by atoms with van der Waals surface area (Å²) in [5.74, 6) is -1.45. The first-order valence-electron chi connectivity index (χ1n) is 7.57. The first-order chi connectivity index (χ1) is 11.3. The van der Waals surface area contributed by atoms with Gasteiger partial charge in [-0.05, 0) is 32.3 Å². The molecule has 9 heteroatoms. The van der Waals surface area contributed by atoms with Crippen LogP contribution in [0.15, 0.2) is 4.21 Å². The molecular formula is C15H21NO6S2. The first kappa shape index (κ1) is 18.9. The maximum Gasteiger partial charge on any atom is 0.348 e. The smallest absolute Gasteiger partial charge is 0.348 e. The monoisotopic (exact) mass is 375 g/mol. The van der Waals surface area contributed by atoms with E-state index in [4.69, 9.17) is 4.74 Å². The molecule has 0 spiro atoms. The quantitative estimate of drug-likeness (QED) is 0.750. The fraction of sp³-hybridized carbons (Fsp3) is 0.600. The number of piperidine rings is 1. The summed E-state index contributed by atoms with van der Waals surface area (Å²) in [6, 6.07) is -0.154. The molecule has 1 saturated heterocycles. The molecule has 7 nitrogen and oxygen atoms in total. The van der Waals surface area contributed by atoms with Crippen molar-refractivity contribution >= 4 is 33.3 Å². The van der Waals surface area contributed by atoms with Gasteiger partial charge < -0.3 is 9.47 Å². The Balaban J connectivity index is 2.63. The molecule has 1 aliphatic heterocycles. The molecule has 0 N–H and O–H groups in total. The summed E-state index contributed by atoms with van der Waals surface area (Å²) in [4.78, 5) is 24.1. The Morgan fingerprint density at radius 3 is 2.33 bits per heavy atom. The number of methoxy groups -OCH3 is 2. The van der Waals surface area contributed by atoms with Crippen molar-refractivity contribution in [3.05, 3.63) is 16.0 Å². The maximum absolute atomic E-state index is 13.1. The average Bonchev–Trinajstić information content (AvgIpc) is 2.91. The van der Waals surface area contributed by atoms with Crippen LogP contribution in [-0.4, -0.2) is 51.5 Å². The van der Waals surface area contributed by atoms with Gasteiger partial charge in [0.1, 0.15) is 4.88 Å². The molecule has 0 radical (unpaired) electrons. The molecule has 1 aliphatic rings. The van der Waals surface area contributed by atoms with Gasteiger partial charge in [-0.25, -0.2) is 18.0 Å². The number of carbonyl (C=O) groups is 2. The van der Waals surface area contributed by atoms with E-state index in [0.29, 0.717) is 6.54 Å². The van der Waals surface area contributed by atoms with Crippen molar-refractivity contribution in [2.45, 2.75) is 43.4 Å². The third-order valence-electron chi connectivity index (χ3n) is 4.16. The number of esters is 2. The van der Waals surface area contributed by atoms with Crippen LogP contribution in [0.5, 0.6) is 0 Å². The minimum Gasteiger partial charge on any atom is -0.465 e. The van der Waals surface area contributed by atoms with Crippen LogP contribution >= 0.6 is 11.3 Å². The molecule has 134 valence electrons. The summed E-state index contributed by atoms with van der Waals surface area (Å²) >= 11 is 0.760. The second-order valence-corrected chi connectivity index (χ2v) is 8.77. The number of rotatable bonds is 4. The van der Waals surface area contributed by atoms with Crippen LogP contribution in [0.2, 0.25) is 0 Å². The molecule has 0 bridgehead atoms. The molecule has 1 atom stereocenters. The van der Waals surface area contributed by atoms with E-state index in [-0.39, 0.29) is 26.3 Å². The van der Waals surface area contributed by atoms with Crippen LogP contribution in [0.1, 0.15) is 51.8 Å². The van der Waals surface area contributed by atoms with Crippen LogP contribution < -0.4 is 0 Å². The molecule has 2 heterocycles. The van der Waals surface area contributed by atoms with Crippen molar-refractivity contribution in [2.24, 2.45) is 0 Å². The van der Waals surface area contributed by atoms with Gasteiger partial charge >= 0.3 is 11.9 Å². The molecule has 0 saturated carbocycles. The highest BCUT2D eigenvalue weighted by molar-refractivity contribution is 7.91. The number of ether oxygens (including phenoxy) is 2. The molecule has 1 unspecified atom stereocenters. The van der Waals surface area contributed by atoms with Crippen molar-refractivity contribution < 1.29 is 27.5 Å². The summed E-state index contributed by atoms with van der Waals surface area (Å²) in [6.07, 6.45) is 2.50. The summed E-state index contributed by atoms with van der Waals surface area (Å²) in [5, 5.41) is 0. The van der Waals surface area contributed by atoms with E-state index in [1.54, 1.807) is 0 Å². The van der Waals surface area contributed by atoms with E-state index in [1.807, 2.05) is 6.92 Å². The summed E-state index contributed by atoms with van der Waals surface area (Å²) < 4.78 is 36.8. The standard InChI is InChI=1S/C15H21NO6S2/c1-9-7-5-6-8-16(9)24(19,20)15-11(13(17)21-3)10(2)12(23-15)14(18)22-4/h9H,5-8H2,1-4H3. The molecule has 1 fully saturated rings. The lowest BCUT2D eigenvalue weighted by Crippen LogP contribution is -2.42. The number of sulfonamides is 1. The van der Waals surface area contributed by atoms with Crippen LogP contribution in [0.25, 0.3) is 0 Å². The van der Waals surface area contributed by atoms with Crippen LogP contribution in [0.3, 0.4) is 0 Å². The van der Waals surface area contributed by atoms with E-state index in [0.717, 1.165) is 30.6 Å². The molecule has 0 aliphatic carbocycles. The molecule has 0 aromatic carbocycles. The van der Waals surface area contributed by atoms with E-state index in [9.17, 15) is 18.0 Å². The summed E-state index contributed by atoms with van der Waals surface area (Å²) in [6.45, 7) is 3.76.